The Hall–Kier alpha value is -0.0800. The van der Waals surface area contributed by atoms with Gasteiger partial charge in [-0.1, -0.05) is 32.6 Å². The Kier molecular flexibility index (Phi) is 5.08. The molecule has 2 rings (SSSR count). The zero-order valence-electron chi connectivity index (χ0n) is 12.7. The van der Waals surface area contributed by atoms with Crippen LogP contribution in [0.2, 0.25) is 0 Å². The first-order valence-electron chi connectivity index (χ1n) is 8.15. The smallest absolute Gasteiger partial charge is 0.0309 e. The van der Waals surface area contributed by atoms with Gasteiger partial charge in [-0.15, -0.1) is 0 Å². The zero-order chi connectivity index (χ0) is 13.0. The summed E-state index contributed by atoms with van der Waals surface area (Å²) < 4.78 is 0. The number of hydrogen-bond acceptors (Lipinski definition) is 2. The van der Waals surface area contributed by atoms with Gasteiger partial charge in [-0.3, -0.25) is 4.90 Å². The van der Waals surface area contributed by atoms with Crippen LogP contribution in [0.3, 0.4) is 0 Å². The van der Waals surface area contributed by atoms with Gasteiger partial charge in [0.1, 0.15) is 0 Å². The Balaban J connectivity index is 1.72. The minimum atomic E-state index is 0.413. The van der Waals surface area contributed by atoms with Gasteiger partial charge in [0.15, 0.2) is 0 Å². The molecule has 1 aliphatic carbocycles. The van der Waals surface area contributed by atoms with Crippen LogP contribution in [0.15, 0.2) is 0 Å². The van der Waals surface area contributed by atoms with Gasteiger partial charge in [0, 0.05) is 24.7 Å². The quantitative estimate of drug-likeness (QED) is 0.698. The standard InChI is InChI=1S/C16H32N2/c1-4-5-6-7-8-11-18-13-16(3,15-9-10-15)17-12-14(18)2/h14-15,17H,4-13H2,1-3H3. The van der Waals surface area contributed by atoms with Crippen molar-refractivity contribution in [3.8, 4) is 0 Å². The summed E-state index contributed by atoms with van der Waals surface area (Å²) >= 11 is 0. The lowest BCUT2D eigenvalue weighted by Crippen LogP contribution is -2.63. The van der Waals surface area contributed by atoms with Gasteiger partial charge in [-0.2, -0.15) is 0 Å². The second-order valence-corrected chi connectivity index (χ2v) is 6.81. The molecule has 1 saturated heterocycles. The van der Waals surface area contributed by atoms with E-state index >= 15 is 0 Å². The van der Waals surface area contributed by atoms with Crippen LogP contribution in [0, 0.1) is 5.92 Å². The van der Waals surface area contributed by atoms with Gasteiger partial charge in [-0.05, 0) is 45.6 Å². The minimum absolute atomic E-state index is 0.413. The van der Waals surface area contributed by atoms with Crippen molar-refractivity contribution < 1.29 is 0 Å². The number of nitrogens with one attached hydrogen (secondary N) is 1. The van der Waals surface area contributed by atoms with Crippen LogP contribution in [-0.4, -0.2) is 36.1 Å². The van der Waals surface area contributed by atoms with E-state index in [2.05, 4.69) is 31.0 Å². The molecule has 0 amide bonds. The molecule has 2 atom stereocenters. The van der Waals surface area contributed by atoms with Crippen molar-refractivity contribution >= 4 is 0 Å². The van der Waals surface area contributed by atoms with Gasteiger partial charge >= 0.3 is 0 Å². The number of hydrogen-bond donors (Lipinski definition) is 1. The summed E-state index contributed by atoms with van der Waals surface area (Å²) in [5, 5.41) is 3.81. The molecule has 106 valence electrons. The maximum atomic E-state index is 3.81. The first kappa shape index (κ1) is 14.3. The second-order valence-electron chi connectivity index (χ2n) is 6.81. The summed E-state index contributed by atoms with van der Waals surface area (Å²) in [5.41, 5.74) is 0.413. The fourth-order valence-corrected chi connectivity index (χ4v) is 3.36. The highest BCUT2D eigenvalue weighted by Gasteiger charge is 2.44. The molecule has 0 aromatic carbocycles. The van der Waals surface area contributed by atoms with E-state index in [0.717, 1.165) is 12.0 Å². The predicted octanol–water partition coefficient (Wildman–Crippen LogP) is 3.42. The van der Waals surface area contributed by atoms with Crippen LogP contribution in [-0.2, 0) is 0 Å². The Morgan fingerprint density at radius 3 is 2.56 bits per heavy atom. The summed E-state index contributed by atoms with van der Waals surface area (Å²) in [4.78, 5) is 2.74. The molecule has 2 aliphatic rings. The van der Waals surface area contributed by atoms with Gasteiger partial charge in [0.05, 0.1) is 0 Å². The fraction of sp³-hybridized carbons (Fsp3) is 1.00. The Bertz CT molecular complexity index is 249. The number of unbranched alkanes of at least 4 members (excludes halogenated alkanes) is 4. The molecular weight excluding hydrogens is 220 g/mol. The molecule has 0 spiro atoms. The third kappa shape index (κ3) is 3.71. The summed E-state index contributed by atoms with van der Waals surface area (Å²) in [6, 6.07) is 0.725. The van der Waals surface area contributed by atoms with E-state index in [1.807, 2.05) is 0 Å². The van der Waals surface area contributed by atoms with E-state index in [1.165, 1.54) is 64.6 Å². The molecule has 2 nitrogen and oxygen atoms in total. The molecule has 1 aliphatic heterocycles. The SMILES string of the molecule is CCCCCCCN1CC(C)(C2CC2)NCC1C. The number of nitrogens with zero attached hydrogens (tertiary/aromatic N) is 1. The maximum Gasteiger partial charge on any atom is 0.0309 e. The van der Waals surface area contributed by atoms with Crippen LogP contribution in [0.25, 0.3) is 0 Å². The van der Waals surface area contributed by atoms with Crippen molar-refractivity contribution in [1.29, 1.82) is 0 Å². The molecule has 2 fully saturated rings. The van der Waals surface area contributed by atoms with Crippen molar-refractivity contribution in [1.82, 2.24) is 10.2 Å². The Morgan fingerprint density at radius 1 is 1.17 bits per heavy atom. The molecule has 2 heteroatoms. The Morgan fingerprint density at radius 2 is 1.89 bits per heavy atom. The van der Waals surface area contributed by atoms with E-state index in [0.29, 0.717) is 5.54 Å². The van der Waals surface area contributed by atoms with E-state index < -0.39 is 0 Å². The molecule has 1 N–H and O–H groups in total. The van der Waals surface area contributed by atoms with Crippen LogP contribution in [0.5, 0.6) is 0 Å². The third-order valence-electron chi connectivity index (χ3n) is 4.98. The second kappa shape index (κ2) is 6.38. The van der Waals surface area contributed by atoms with Crippen LogP contribution >= 0.6 is 0 Å². The summed E-state index contributed by atoms with van der Waals surface area (Å²) in [6.45, 7) is 10.9. The summed E-state index contributed by atoms with van der Waals surface area (Å²) in [5.74, 6) is 0.951. The molecule has 1 heterocycles. The lowest BCUT2D eigenvalue weighted by atomic mass is 9.91. The Labute approximate surface area is 114 Å². The average molecular weight is 252 g/mol. The van der Waals surface area contributed by atoms with Gasteiger partial charge in [0.25, 0.3) is 0 Å². The molecule has 0 bridgehead atoms. The largest absolute Gasteiger partial charge is 0.308 e. The minimum Gasteiger partial charge on any atom is -0.308 e. The van der Waals surface area contributed by atoms with E-state index in [4.69, 9.17) is 0 Å². The van der Waals surface area contributed by atoms with Crippen molar-refractivity contribution in [3.05, 3.63) is 0 Å². The van der Waals surface area contributed by atoms with Crippen LogP contribution < -0.4 is 5.32 Å². The lowest BCUT2D eigenvalue weighted by Gasteiger charge is -2.45. The van der Waals surface area contributed by atoms with Crippen LogP contribution in [0.4, 0.5) is 0 Å². The van der Waals surface area contributed by atoms with Crippen molar-refractivity contribution in [2.24, 2.45) is 5.92 Å². The summed E-state index contributed by atoms with van der Waals surface area (Å²) in [6.07, 6.45) is 9.90. The van der Waals surface area contributed by atoms with E-state index in [9.17, 15) is 0 Å². The fourth-order valence-electron chi connectivity index (χ4n) is 3.36. The lowest BCUT2D eigenvalue weighted by molar-refractivity contribution is 0.0817. The topological polar surface area (TPSA) is 15.3 Å². The highest BCUT2D eigenvalue weighted by Crippen LogP contribution is 2.41. The summed E-state index contributed by atoms with van der Waals surface area (Å²) in [7, 11) is 0. The highest BCUT2D eigenvalue weighted by molar-refractivity contribution is 5.03. The molecule has 1 saturated carbocycles. The molecule has 0 radical (unpaired) electrons. The molecule has 0 aromatic rings. The van der Waals surface area contributed by atoms with Crippen molar-refractivity contribution in [2.45, 2.75) is 77.3 Å². The molecule has 0 aromatic heterocycles. The number of rotatable bonds is 7. The van der Waals surface area contributed by atoms with Gasteiger partial charge < -0.3 is 5.32 Å². The van der Waals surface area contributed by atoms with Crippen LogP contribution in [0.1, 0.15) is 65.7 Å². The first-order valence-corrected chi connectivity index (χ1v) is 8.15. The van der Waals surface area contributed by atoms with Crippen molar-refractivity contribution in [2.75, 3.05) is 19.6 Å². The maximum absolute atomic E-state index is 3.81. The highest BCUT2D eigenvalue weighted by atomic mass is 15.2. The predicted molar refractivity (Wildman–Crippen MR) is 78.9 cm³/mol. The van der Waals surface area contributed by atoms with Gasteiger partial charge in [-0.25, -0.2) is 0 Å². The monoisotopic (exact) mass is 252 g/mol. The molecular formula is C16H32N2. The average Bonchev–Trinajstić information content (AvgIpc) is 3.18. The van der Waals surface area contributed by atoms with Gasteiger partial charge in [0.2, 0.25) is 0 Å². The molecule has 2 unspecified atom stereocenters. The zero-order valence-corrected chi connectivity index (χ0v) is 12.7. The number of piperazine rings is 1. The van der Waals surface area contributed by atoms with E-state index in [-0.39, 0.29) is 0 Å². The third-order valence-corrected chi connectivity index (χ3v) is 4.98. The van der Waals surface area contributed by atoms with E-state index in [1.54, 1.807) is 0 Å². The first-order chi connectivity index (χ1) is 8.65. The van der Waals surface area contributed by atoms with Crippen molar-refractivity contribution in [3.63, 3.8) is 0 Å². The molecule has 18 heavy (non-hydrogen) atoms. The normalized spacial score (nSPS) is 33.8.